The van der Waals surface area contributed by atoms with Crippen molar-refractivity contribution < 1.29 is 10.2 Å². The highest BCUT2D eigenvalue weighted by Gasteiger charge is 2.34. The SMILES string of the molecule is OC[C@@H]1C[C@H](Cl)C[C@@H](Cl)[C@@H]1O. The van der Waals surface area contributed by atoms with Crippen LogP contribution in [0.1, 0.15) is 12.8 Å². The zero-order chi connectivity index (χ0) is 8.43. The quantitative estimate of drug-likeness (QED) is 0.617. The molecule has 2 nitrogen and oxygen atoms in total. The van der Waals surface area contributed by atoms with Crippen molar-refractivity contribution >= 4 is 23.2 Å². The molecular formula is C7H12Cl2O2. The molecule has 2 N–H and O–H groups in total. The summed E-state index contributed by atoms with van der Waals surface area (Å²) in [5, 5.41) is 17.9. The van der Waals surface area contributed by atoms with Gasteiger partial charge >= 0.3 is 0 Å². The summed E-state index contributed by atoms with van der Waals surface area (Å²) >= 11 is 11.6. The van der Waals surface area contributed by atoms with Crippen molar-refractivity contribution in [1.82, 2.24) is 0 Å². The minimum atomic E-state index is -0.600. The summed E-state index contributed by atoms with van der Waals surface area (Å²) in [7, 11) is 0. The maximum Gasteiger partial charge on any atom is 0.0754 e. The number of aliphatic hydroxyl groups excluding tert-OH is 2. The second-order valence-electron chi connectivity index (χ2n) is 3.02. The predicted octanol–water partition coefficient (Wildman–Crippen LogP) is 0.964. The van der Waals surface area contributed by atoms with E-state index in [0.717, 1.165) is 0 Å². The average Bonchev–Trinajstić information content (AvgIpc) is 1.96. The predicted molar refractivity (Wildman–Crippen MR) is 45.1 cm³/mol. The van der Waals surface area contributed by atoms with Gasteiger partial charge in [-0.05, 0) is 12.8 Å². The summed E-state index contributed by atoms with van der Waals surface area (Å²) in [6.07, 6.45) is 0.681. The number of hydrogen-bond acceptors (Lipinski definition) is 2. The molecule has 0 aromatic rings. The fraction of sp³-hybridized carbons (Fsp3) is 1.00. The van der Waals surface area contributed by atoms with Gasteiger partial charge in [-0.15, -0.1) is 23.2 Å². The van der Waals surface area contributed by atoms with Gasteiger partial charge in [-0.25, -0.2) is 0 Å². The smallest absolute Gasteiger partial charge is 0.0754 e. The van der Waals surface area contributed by atoms with Crippen LogP contribution in [0.15, 0.2) is 0 Å². The summed E-state index contributed by atoms with van der Waals surface area (Å²) in [5.74, 6) is -0.145. The Morgan fingerprint density at radius 2 is 1.91 bits per heavy atom. The van der Waals surface area contributed by atoms with E-state index in [1.807, 2.05) is 0 Å². The highest BCUT2D eigenvalue weighted by Crippen LogP contribution is 2.31. The number of alkyl halides is 2. The van der Waals surface area contributed by atoms with Gasteiger partial charge in [-0.2, -0.15) is 0 Å². The molecule has 1 rings (SSSR count). The minimum absolute atomic E-state index is 0.00181. The van der Waals surface area contributed by atoms with Crippen LogP contribution >= 0.6 is 23.2 Å². The maximum absolute atomic E-state index is 9.40. The van der Waals surface area contributed by atoms with E-state index in [1.165, 1.54) is 0 Å². The van der Waals surface area contributed by atoms with Gasteiger partial charge in [0.05, 0.1) is 11.5 Å². The topological polar surface area (TPSA) is 40.5 Å². The monoisotopic (exact) mass is 198 g/mol. The molecule has 0 spiro atoms. The Balaban J connectivity index is 2.51. The molecule has 11 heavy (non-hydrogen) atoms. The summed E-state index contributed by atoms with van der Waals surface area (Å²) in [4.78, 5) is 0. The number of hydrogen-bond donors (Lipinski definition) is 2. The molecule has 0 heterocycles. The lowest BCUT2D eigenvalue weighted by Crippen LogP contribution is -2.40. The van der Waals surface area contributed by atoms with Crippen LogP contribution in [0.3, 0.4) is 0 Å². The third-order valence-electron chi connectivity index (χ3n) is 2.13. The molecule has 4 heteroatoms. The van der Waals surface area contributed by atoms with Gasteiger partial charge in [-0.3, -0.25) is 0 Å². The van der Waals surface area contributed by atoms with Crippen molar-refractivity contribution in [2.24, 2.45) is 5.92 Å². The van der Waals surface area contributed by atoms with Gasteiger partial charge in [0.1, 0.15) is 0 Å². The van der Waals surface area contributed by atoms with Gasteiger partial charge in [0.25, 0.3) is 0 Å². The molecule has 0 amide bonds. The van der Waals surface area contributed by atoms with Crippen molar-refractivity contribution in [2.45, 2.75) is 29.7 Å². The Morgan fingerprint density at radius 1 is 1.27 bits per heavy atom. The highest BCUT2D eigenvalue weighted by atomic mass is 35.5. The van der Waals surface area contributed by atoms with Crippen LogP contribution < -0.4 is 0 Å². The van der Waals surface area contributed by atoms with Crippen molar-refractivity contribution in [3.05, 3.63) is 0 Å². The molecule has 4 atom stereocenters. The maximum atomic E-state index is 9.40. The summed E-state index contributed by atoms with van der Waals surface area (Å²) in [6.45, 7) is -0.0341. The summed E-state index contributed by atoms with van der Waals surface area (Å²) < 4.78 is 0. The van der Waals surface area contributed by atoms with Crippen LogP contribution in [-0.2, 0) is 0 Å². The Morgan fingerprint density at radius 3 is 2.45 bits per heavy atom. The van der Waals surface area contributed by atoms with E-state index < -0.39 is 6.10 Å². The molecular weight excluding hydrogens is 187 g/mol. The van der Waals surface area contributed by atoms with Gasteiger partial charge in [0.2, 0.25) is 0 Å². The molecule has 1 aliphatic rings. The zero-order valence-electron chi connectivity index (χ0n) is 6.08. The van der Waals surface area contributed by atoms with Crippen LogP contribution in [0, 0.1) is 5.92 Å². The third kappa shape index (κ3) is 2.22. The van der Waals surface area contributed by atoms with Crippen molar-refractivity contribution in [3.63, 3.8) is 0 Å². The average molecular weight is 199 g/mol. The van der Waals surface area contributed by atoms with Crippen LogP contribution in [-0.4, -0.2) is 33.7 Å². The largest absolute Gasteiger partial charge is 0.396 e. The number of halogens is 2. The first-order valence-electron chi connectivity index (χ1n) is 3.72. The second kappa shape index (κ2) is 3.94. The second-order valence-corrected chi connectivity index (χ2v) is 4.20. The highest BCUT2D eigenvalue weighted by molar-refractivity contribution is 6.24. The molecule has 0 radical (unpaired) electrons. The fourth-order valence-electron chi connectivity index (χ4n) is 1.43. The van der Waals surface area contributed by atoms with E-state index in [-0.39, 0.29) is 23.3 Å². The first-order valence-corrected chi connectivity index (χ1v) is 4.59. The molecule has 0 aromatic carbocycles. The molecule has 0 unspecified atom stereocenters. The van der Waals surface area contributed by atoms with E-state index in [4.69, 9.17) is 28.3 Å². The molecule has 1 aliphatic carbocycles. The molecule has 0 aromatic heterocycles. The molecule has 0 aliphatic heterocycles. The Bertz CT molecular complexity index is 132. The van der Waals surface area contributed by atoms with Gasteiger partial charge in [0, 0.05) is 17.9 Å². The fourth-order valence-corrected chi connectivity index (χ4v) is 2.36. The van der Waals surface area contributed by atoms with Gasteiger partial charge in [-0.1, -0.05) is 0 Å². The lowest BCUT2D eigenvalue weighted by Gasteiger charge is -2.32. The standard InChI is InChI=1S/C7H12Cl2O2/c8-5-1-4(3-10)7(11)6(9)2-5/h4-7,10-11H,1-3H2/t4-,5-,6+,7+/m0/s1. The van der Waals surface area contributed by atoms with E-state index in [9.17, 15) is 5.11 Å². The number of rotatable bonds is 1. The lowest BCUT2D eigenvalue weighted by molar-refractivity contribution is 0.0404. The molecule has 1 saturated carbocycles. The Labute approximate surface area is 76.1 Å². The van der Waals surface area contributed by atoms with Crippen molar-refractivity contribution in [3.8, 4) is 0 Å². The van der Waals surface area contributed by atoms with E-state index in [0.29, 0.717) is 12.8 Å². The Hall–Kier alpha value is 0.500. The van der Waals surface area contributed by atoms with Crippen molar-refractivity contribution in [1.29, 1.82) is 0 Å². The minimum Gasteiger partial charge on any atom is -0.396 e. The molecule has 1 fully saturated rings. The Kier molecular flexibility index (Phi) is 3.44. The van der Waals surface area contributed by atoms with E-state index in [1.54, 1.807) is 0 Å². The summed E-state index contributed by atoms with van der Waals surface area (Å²) in [5.41, 5.74) is 0. The number of aliphatic hydroxyl groups is 2. The van der Waals surface area contributed by atoms with Crippen LogP contribution in [0.4, 0.5) is 0 Å². The zero-order valence-corrected chi connectivity index (χ0v) is 7.59. The van der Waals surface area contributed by atoms with Crippen LogP contribution in [0.25, 0.3) is 0 Å². The molecule has 0 saturated heterocycles. The summed E-state index contributed by atoms with van der Waals surface area (Å²) in [6, 6.07) is 0. The van der Waals surface area contributed by atoms with Gasteiger partial charge in [0.15, 0.2) is 0 Å². The van der Waals surface area contributed by atoms with Crippen LogP contribution in [0.2, 0.25) is 0 Å². The third-order valence-corrected chi connectivity index (χ3v) is 2.92. The molecule has 0 bridgehead atoms. The molecule has 66 valence electrons. The first-order chi connectivity index (χ1) is 5.15. The van der Waals surface area contributed by atoms with E-state index in [2.05, 4.69) is 0 Å². The van der Waals surface area contributed by atoms with Crippen molar-refractivity contribution in [2.75, 3.05) is 6.61 Å². The van der Waals surface area contributed by atoms with E-state index >= 15 is 0 Å². The van der Waals surface area contributed by atoms with Crippen LogP contribution in [0.5, 0.6) is 0 Å². The first kappa shape index (κ1) is 9.59. The normalized spacial score (nSPS) is 45.8. The van der Waals surface area contributed by atoms with Gasteiger partial charge < -0.3 is 10.2 Å². The lowest BCUT2D eigenvalue weighted by atomic mass is 9.86.